The summed E-state index contributed by atoms with van der Waals surface area (Å²) in [6.07, 6.45) is 1.94. The normalized spacial score (nSPS) is 13.8. The number of aromatic nitrogens is 2. The van der Waals surface area contributed by atoms with E-state index in [0.717, 1.165) is 12.8 Å². The number of nitro groups is 1. The summed E-state index contributed by atoms with van der Waals surface area (Å²) >= 11 is 5.68. The lowest BCUT2D eigenvalue weighted by Crippen LogP contribution is -2.30. The first-order chi connectivity index (χ1) is 11.0. The molecule has 1 aliphatic rings. The molecule has 0 spiro atoms. The van der Waals surface area contributed by atoms with Crippen LogP contribution in [0.25, 0.3) is 0 Å². The molecule has 23 heavy (non-hydrogen) atoms. The number of carbonyl (C=O) groups excluding carboxylic acids is 1. The number of rotatable bonds is 5. The first kappa shape index (κ1) is 16.3. The van der Waals surface area contributed by atoms with Crippen LogP contribution in [0.3, 0.4) is 0 Å². The van der Waals surface area contributed by atoms with Crippen molar-refractivity contribution in [2.45, 2.75) is 35.0 Å². The Morgan fingerprint density at radius 2 is 2.22 bits per heavy atom. The van der Waals surface area contributed by atoms with Crippen LogP contribution in [0.4, 0.5) is 10.8 Å². The number of halogens is 1. The average Bonchev–Trinajstić information content (AvgIpc) is 3.20. The van der Waals surface area contributed by atoms with Gasteiger partial charge in [-0.05, 0) is 36.7 Å². The highest BCUT2D eigenvalue weighted by molar-refractivity contribution is 9.10. The molecule has 2 aromatic rings. The van der Waals surface area contributed by atoms with Crippen LogP contribution in [-0.2, 0) is 4.79 Å². The minimum absolute atomic E-state index is 0.00624. The fourth-order valence-corrected chi connectivity index (χ4v) is 4.38. The fraction of sp³-hybridized carbons (Fsp3) is 0.308. The molecule has 1 heterocycles. The average molecular weight is 415 g/mol. The van der Waals surface area contributed by atoms with Crippen LogP contribution in [0, 0.1) is 10.1 Å². The number of carbonyl (C=O) groups is 1. The van der Waals surface area contributed by atoms with Gasteiger partial charge < -0.3 is 0 Å². The first-order valence-corrected chi connectivity index (χ1v) is 9.13. The van der Waals surface area contributed by atoms with E-state index in [1.54, 1.807) is 17.0 Å². The van der Waals surface area contributed by atoms with Gasteiger partial charge in [0, 0.05) is 23.5 Å². The third-order valence-electron chi connectivity index (χ3n) is 3.17. The molecule has 0 radical (unpaired) electrons. The summed E-state index contributed by atoms with van der Waals surface area (Å²) in [5.74, 6) is -0.0603. The van der Waals surface area contributed by atoms with Crippen LogP contribution >= 0.6 is 39.0 Å². The highest BCUT2D eigenvalue weighted by Crippen LogP contribution is 2.40. The van der Waals surface area contributed by atoms with E-state index < -0.39 is 4.92 Å². The molecule has 1 aromatic carbocycles. The van der Waals surface area contributed by atoms with Crippen molar-refractivity contribution in [3.63, 3.8) is 0 Å². The molecule has 1 aromatic heterocycles. The van der Waals surface area contributed by atoms with Crippen molar-refractivity contribution in [3.8, 4) is 0 Å². The minimum atomic E-state index is -0.429. The summed E-state index contributed by atoms with van der Waals surface area (Å²) < 4.78 is 1.21. The molecule has 1 saturated carbocycles. The largest absolute Gasteiger partial charge is 0.284 e. The van der Waals surface area contributed by atoms with Gasteiger partial charge in [-0.2, -0.15) is 0 Å². The van der Waals surface area contributed by atoms with Crippen molar-refractivity contribution in [2.75, 3.05) is 4.90 Å². The third-order valence-corrected chi connectivity index (χ3v) is 5.70. The molecule has 1 aliphatic carbocycles. The van der Waals surface area contributed by atoms with Gasteiger partial charge in [0.1, 0.15) is 0 Å². The topological polar surface area (TPSA) is 89.2 Å². The molecule has 0 N–H and O–H groups in total. The number of benzene rings is 1. The third kappa shape index (κ3) is 3.70. The lowest BCUT2D eigenvalue weighted by atomic mass is 10.3. The van der Waals surface area contributed by atoms with Crippen LogP contribution in [0.5, 0.6) is 0 Å². The van der Waals surface area contributed by atoms with Crippen LogP contribution in [0.2, 0.25) is 0 Å². The predicted molar refractivity (Wildman–Crippen MR) is 91.0 cm³/mol. The van der Waals surface area contributed by atoms with Crippen LogP contribution < -0.4 is 4.90 Å². The molecule has 120 valence electrons. The maximum atomic E-state index is 11.7. The summed E-state index contributed by atoms with van der Waals surface area (Å²) in [7, 11) is 0. The Kier molecular flexibility index (Phi) is 4.64. The van der Waals surface area contributed by atoms with Crippen molar-refractivity contribution >= 4 is 55.8 Å². The van der Waals surface area contributed by atoms with Gasteiger partial charge in [0.25, 0.3) is 5.69 Å². The molecule has 1 amide bonds. The Hall–Kier alpha value is -1.52. The van der Waals surface area contributed by atoms with E-state index in [0.29, 0.717) is 18.8 Å². The second-order valence-electron chi connectivity index (χ2n) is 4.94. The van der Waals surface area contributed by atoms with Gasteiger partial charge in [0.15, 0.2) is 4.34 Å². The Labute approximate surface area is 148 Å². The van der Waals surface area contributed by atoms with Crippen molar-refractivity contribution < 1.29 is 9.72 Å². The van der Waals surface area contributed by atoms with E-state index in [-0.39, 0.29) is 17.6 Å². The molecule has 10 heteroatoms. The number of anilines is 1. The summed E-state index contributed by atoms with van der Waals surface area (Å²) in [6.45, 7) is 1.51. The predicted octanol–water partition coefficient (Wildman–Crippen LogP) is 3.88. The van der Waals surface area contributed by atoms with E-state index in [1.807, 2.05) is 0 Å². The standard InChI is InChI=1S/C13H11BrN4O3S2/c1-7(19)17(9-3-4-9)12-15-16-13(23-12)22-11-5-2-8(14)6-10(11)18(20)21/h2,5-6,9H,3-4H2,1H3. The molecule has 0 bridgehead atoms. The summed E-state index contributed by atoms with van der Waals surface area (Å²) in [6, 6.07) is 5.07. The summed E-state index contributed by atoms with van der Waals surface area (Å²) in [5, 5.41) is 19.8. The minimum Gasteiger partial charge on any atom is -0.284 e. The zero-order valence-electron chi connectivity index (χ0n) is 11.9. The van der Waals surface area contributed by atoms with E-state index in [1.165, 1.54) is 36.1 Å². The van der Waals surface area contributed by atoms with Gasteiger partial charge in [0.2, 0.25) is 11.0 Å². The van der Waals surface area contributed by atoms with Gasteiger partial charge in [-0.1, -0.05) is 27.3 Å². The Balaban J connectivity index is 1.85. The second-order valence-corrected chi connectivity index (χ2v) is 8.10. The molecule has 7 nitrogen and oxygen atoms in total. The molecule has 0 aliphatic heterocycles. The molecule has 3 rings (SSSR count). The first-order valence-electron chi connectivity index (χ1n) is 6.71. The maximum absolute atomic E-state index is 11.7. The SMILES string of the molecule is CC(=O)N(c1nnc(Sc2ccc(Br)cc2[N+](=O)[O-])s1)C1CC1. The van der Waals surface area contributed by atoms with Crippen LogP contribution in [-0.4, -0.2) is 27.1 Å². The van der Waals surface area contributed by atoms with Crippen molar-refractivity contribution in [3.05, 3.63) is 32.8 Å². The van der Waals surface area contributed by atoms with Crippen molar-refractivity contribution in [1.82, 2.24) is 10.2 Å². The highest BCUT2D eigenvalue weighted by atomic mass is 79.9. The van der Waals surface area contributed by atoms with Gasteiger partial charge in [0.05, 0.1) is 9.82 Å². The second kappa shape index (κ2) is 6.54. The smallest absolute Gasteiger partial charge is 0.284 e. The summed E-state index contributed by atoms with van der Waals surface area (Å²) in [5.41, 5.74) is 0.00624. The zero-order chi connectivity index (χ0) is 16.6. The Morgan fingerprint density at radius 3 is 2.83 bits per heavy atom. The lowest BCUT2D eigenvalue weighted by Gasteiger charge is -2.15. The number of nitrogens with zero attached hydrogens (tertiary/aromatic N) is 4. The maximum Gasteiger partial charge on any atom is 0.284 e. The zero-order valence-corrected chi connectivity index (χ0v) is 15.2. The molecule has 0 saturated heterocycles. The van der Waals surface area contributed by atoms with Gasteiger partial charge >= 0.3 is 0 Å². The quantitative estimate of drug-likeness (QED) is 0.418. The Morgan fingerprint density at radius 1 is 1.48 bits per heavy atom. The van der Waals surface area contributed by atoms with Gasteiger partial charge in [-0.15, -0.1) is 10.2 Å². The Bertz CT molecular complexity index is 778. The van der Waals surface area contributed by atoms with E-state index in [9.17, 15) is 14.9 Å². The molecular weight excluding hydrogens is 404 g/mol. The van der Waals surface area contributed by atoms with Gasteiger partial charge in [-0.3, -0.25) is 19.8 Å². The van der Waals surface area contributed by atoms with Crippen molar-refractivity contribution in [1.29, 1.82) is 0 Å². The van der Waals surface area contributed by atoms with Gasteiger partial charge in [-0.25, -0.2) is 0 Å². The molecular formula is C13H11BrN4O3S2. The number of hydrogen-bond donors (Lipinski definition) is 0. The molecule has 1 fully saturated rings. The van der Waals surface area contributed by atoms with E-state index >= 15 is 0 Å². The van der Waals surface area contributed by atoms with Crippen molar-refractivity contribution in [2.24, 2.45) is 0 Å². The lowest BCUT2D eigenvalue weighted by molar-refractivity contribution is -0.387. The number of nitro benzene ring substituents is 1. The van der Waals surface area contributed by atoms with E-state index in [2.05, 4.69) is 26.1 Å². The number of amides is 1. The highest BCUT2D eigenvalue weighted by Gasteiger charge is 2.34. The molecule has 0 unspecified atom stereocenters. The monoisotopic (exact) mass is 414 g/mol. The summed E-state index contributed by atoms with van der Waals surface area (Å²) in [4.78, 5) is 24.6. The van der Waals surface area contributed by atoms with Crippen LogP contribution in [0.1, 0.15) is 19.8 Å². The number of hydrogen-bond acceptors (Lipinski definition) is 7. The fourth-order valence-electron chi connectivity index (χ4n) is 2.04. The van der Waals surface area contributed by atoms with E-state index in [4.69, 9.17) is 0 Å². The van der Waals surface area contributed by atoms with Crippen LogP contribution in [0.15, 0.2) is 31.9 Å². The molecule has 0 atom stereocenters.